The summed E-state index contributed by atoms with van der Waals surface area (Å²) in [4.78, 5) is 0. The molecule has 1 heterocycles. The number of benzene rings is 1. The van der Waals surface area contributed by atoms with Crippen molar-refractivity contribution in [3.05, 3.63) is 29.3 Å². The van der Waals surface area contributed by atoms with Crippen LogP contribution in [-0.4, -0.2) is 18.8 Å². The zero-order chi connectivity index (χ0) is 13.0. The summed E-state index contributed by atoms with van der Waals surface area (Å²) in [6, 6.07) is 9.90. The van der Waals surface area contributed by atoms with E-state index in [0.717, 1.165) is 25.1 Å². The molecule has 0 aliphatic carbocycles. The zero-order valence-electron chi connectivity index (χ0n) is 10.4. The molecular formula is C14H17ClN2O. The second-order valence-electron chi connectivity index (χ2n) is 4.63. The molecule has 2 rings (SSSR count). The van der Waals surface area contributed by atoms with Gasteiger partial charge in [-0.2, -0.15) is 5.26 Å². The largest absolute Gasteiger partial charge is 0.381 e. The molecule has 0 bridgehead atoms. The van der Waals surface area contributed by atoms with Gasteiger partial charge in [-0.15, -0.1) is 0 Å². The van der Waals surface area contributed by atoms with Gasteiger partial charge in [0.1, 0.15) is 5.54 Å². The summed E-state index contributed by atoms with van der Waals surface area (Å²) < 4.78 is 5.41. The van der Waals surface area contributed by atoms with Crippen molar-refractivity contribution in [1.29, 1.82) is 5.26 Å². The minimum atomic E-state index is -0.551. The average Bonchev–Trinajstić information content (AvgIpc) is 2.93. The highest BCUT2D eigenvalue weighted by Crippen LogP contribution is 2.32. The summed E-state index contributed by atoms with van der Waals surface area (Å²) in [5.41, 5.74) is 0.374. The first-order valence-corrected chi connectivity index (χ1v) is 6.61. The maximum atomic E-state index is 9.56. The molecule has 0 radical (unpaired) electrons. The van der Waals surface area contributed by atoms with Crippen LogP contribution in [0.5, 0.6) is 0 Å². The van der Waals surface area contributed by atoms with Crippen molar-refractivity contribution in [3.8, 4) is 6.07 Å². The SMILES string of the molecule is CCC(C#N)(Nc1ccc(Cl)cc1)C1CCOC1. The van der Waals surface area contributed by atoms with Crippen LogP contribution < -0.4 is 5.32 Å². The molecule has 0 aromatic heterocycles. The van der Waals surface area contributed by atoms with Gasteiger partial charge in [0.2, 0.25) is 0 Å². The van der Waals surface area contributed by atoms with Gasteiger partial charge >= 0.3 is 0 Å². The molecular weight excluding hydrogens is 248 g/mol. The Kier molecular flexibility index (Phi) is 4.11. The fourth-order valence-corrected chi connectivity index (χ4v) is 2.52. The predicted octanol–water partition coefficient (Wildman–Crippen LogP) is 3.46. The summed E-state index contributed by atoms with van der Waals surface area (Å²) in [5, 5.41) is 13.6. The first-order chi connectivity index (χ1) is 8.70. The van der Waals surface area contributed by atoms with E-state index in [4.69, 9.17) is 16.3 Å². The number of hydrogen-bond acceptors (Lipinski definition) is 3. The fraction of sp³-hybridized carbons (Fsp3) is 0.500. The van der Waals surface area contributed by atoms with Gasteiger partial charge in [0.05, 0.1) is 12.7 Å². The molecule has 96 valence electrons. The minimum Gasteiger partial charge on any atom is -0.381 e. The van der Waals surface area contributed by atoms with Crippen LogP contribution in [0.15, 0.2) is 24.3 Å². The molecule has 2 atom stereocenters. The Bertz CT molecular complexity index is 434. The Morgan fingerprint density at radius 1 is 1.50 bits per heavy atom. The Balaban J connectivity index is 2.20. The third-order valence-electron chi connectivity index (χ3n) is 3.60. The van der Waals surface area contributed by atoms with E-state index >= 15 is 0 Å². The summed E-state index contributed by atoms with van der Waals surface area (Å²) in [5.74, 6) is 0.239. The zero-order valence-corrected chi connectivity index (χ0v) is 11.2. The van der Waals surface area contributed by atoms with Crippen LogP contribution in [0.4, 0.5) is 5.69 Å². The van der Waals surface area contributed by atoms with Gasteiger partial charge in [-0.1, -0.05) is 18.5 Å². The van der Waals surface area contributed by atoms with Gasteiger partial charge in [-0.25, -0.2) is 0 Å². The Labute approximate surface area is 113 Å². The molecule has 18 heavy (non-hydrogen) atoms. The van der Waals surface area contributed by atoms with Gasteiger partial charge in [0.15, 0.2) is 0 Å². The maximum Gasteiger partial charge on any atom is 0.130 e. The van der Waals surface area contributed by atoms with Crippen LogP contribution in [0.2, 0.25) is 5.02 Å². The van der Waals surface area contributed by atoms with E-state index < -0.39 is 5.54 Å². The quantitative estimate of drug-likeness (QED) is 0.906. The van der Waals surface area contributed by atoms with Crippen molar-refractivity contribution in [2.24, 2.45) is 5.92 Å². The number of halogens is 1. The number of nitrogens with zero attached hydrogens (tertiary/aromatic N) is 1. The van der Waals surface area contributed by atoms with Crippen LogP contribution >= 0.6 is 11.6 Å². The third-order valence-corrected chi connectivity index (χ3v) is 3.85. The van der Waals surface area contributed by atoms with Crippen LogP contribution in [0, 0.1) is 17.2 Å². The van der Waals surface area contributed by atoms with E-state index in [0.29, 0.717) is 11.6 Å². The topological polar surface area (TPSA) is 45.0 Å². The van der Waals surface area contributed by atoms with Crippen LogP contribution in [0.1, 0.15) is 19.8 Å². The standard InChI is InChI=1S/C14H17ClN2O/c1-2-14(10-16,11-7-8-18-9-11)17-13-5-3-12(15)4-6-13/h3-6,11,17H,2,7-9H2,1H3. The molecule has 3 nitrogen and oxygen atoms in total. The Morgan fingerprint density at radius 3 is 2.72 bits per heavy atom. The van der Waals surface area contributed by atoms with Gasteiger partial charge in [-0.3, -0.25) is 0 Å². The minimum absolute atomic E-state index is 0.239. The van der Waals surface area contributed by atoms with Gasteiger partial charge in [0.25, 0.3) is 0 Å². The summed E-state index contributed by atoms with van der Waals surface area (Å²) in [6.45, 7) is 3.43. The highest BCUT2D eigenvalue weighted by molar-refractivity contribution is 6.30. The lowest BCUT2D eigenvalue weighted by Crippen LogP contribution is -2.44. The fourth-order valence-electron chi connectivity index (χ4n) is 2.39. The predicted molar refractivity (Wildman–Crippen MR) is 72.6 cm³/mol. The second-order valence-corrected chi connectivity index (χ2v) is 5.07. The number of nitrogens with one attached hydrogen (secondary N) is 1. The summed E-state index contributed by atoms with van der Waals surface area (Å²) in [6.07, 6.45) is 1.68. The van der Waals surface area contributed by atoms with E-state index in [9.17, 15) is 5.26 Å². The van der Waals surface area contributed by atoms with E-state index in [2.05, 4.69) is 11.4 Å². The molecule has 2 unspecified atom stereocenters. The Hall–Kier alpha value is -1.24. The molecule has 1 aromatic carbocycles. The van der Waals surface area contributed by atoms with Crippen molar-refractivity contribution in [2.45, 2.75) is 25.3 Å². The van der Waals surface area contributed by atoms with Crippen LogP contribution in [0.25, 0.3) is 0 Å². The summed E-state index contributed by atoms with van der Waals surface area (Å²) >= 11 is 5.86. The van der Waals surface area contributed by atoms with Crippen molar-refractivity contribution >= 4 is 17.3 Å². The van der Waals surface area contributed by atoms with Gasteiger partial charge in [0, 0.05) is 23.2 Å². The van der Waals surface area contributed by atoms with E-state index in [1.54, 1.807) is 0 Å². The highest BCUT2D eigenvalue weighted by atomic mass is 35.5. The van der Waals surface area contributed by atoms with E-state index in [1.807, 2.05) is 31.2 Å². The maximum absolute atomic E-state index is 9.56. The first-order valence-electron chi connectivity index (χ1n) is 6.23. The molecule has 1 fully saturated rings. The molecule has 1 aromatic rings. The summed E-state index contributed by atoms with van der Waals surface area (Å²) in [7, 11) is 0. The number of hydrogen-bond donors (Lipinski definition) is 1. The molecule has 4 heteroatoms. The highest BCUT2D eigenvalue weighted by Gasteiger charge is 2.39. The van der Waals surface area contributed by atoms with Crippen molar-refractivity contribution in [3.63, 3.8) is 0 Å². The Morgan fingerprint density at radius 2 is 2.22 bits per heavy atom. The van der Waals surface area contributed by atoms with Crippen LogP contribution in [0.3, 0.4) is 0 Å². The van der Waals surface area contributed by atoms with Crippen LogP contribution in [-0.2, 0) is 4.74 Å². The molecule has 1 aliphatic rings. The first kappa shape index (κ1) is 13.2. The molecule has 0 spiro atoms. The normalized spacial score (nSPS) is 22.2. The molecule has 1 aliphatic heterocycles. The third kappa shape index (κ3) is 2.60. The molecule has 0 saturated carbocycles. The van der Waals surface area contributed by atoms with Crippen molar-refractivity contribution in [2.75, 3.05) is 18.5 Å². The lowest BCUT2D eigenvalue weighted by molar-refractivity contribution is 0.175. The molecule has 0 amide bonds. The lowest BCUT2D eigenvalue weighted by Gasteiger charge is -2.32. The average molecular weight is 265 g/mol. The van der Waals surface area contributed by atoms with Gasteiger partial charge in [-0.05, 0) is 37.1 Å². The van der Waals surface area contributed by atoms with Crippen molar-refractivity contribution < 1.29 is 4.74 Å². The smallest absolute Gasteiger partial charge is 0.130 e. The number of anilines is 1. The lowest BCUT2D eigenvalue weighted by atomic mass is 9.82. The number of ether oxygens (including phenoxy) is 1. The number of nitriles is 1. The monoisotopic (exact) mass is 264 g/mol. The van der Waals surface area contributed by atoms with E-state index in [1.165, 1.54) is 0 Å². The van der Waals surface area contributed by atoms with E-state index in [-0.39, 0.29) is 5.92 Å². The van der Waals surface area contributed by atoms with Crippen molar-refractivity contribution in [1.82, 2.24) is 0 Å². The number of rotatable bonds is 4. The molecule has 1 N–H and O–H groups in total. The second kappa shape index (κ2) is 5.60. The molecule has 1 saturated heterocycles. The van der Waals surface area contributed by atoms with Gasteiger partial charge < -0.3 is 10.1 Å².